The Kier molecular flexibility index (Phi) is 4.55. The van der Waals surface area contributed by atoms with Gasteiger partial charge in [0.25, 0.3) is 0 Å². The first-order valence-electron chi connectivity index (χ1n) is 10.5. The molecule has 1 aliphatic heterocycles. The van der Waals surface area contributed by atoms with E-state index in [-0.39, 0.29) is 6.03 Å². The number of halogens is 1. The van der Waals surface area contributed by atoms with Crippen molar-refractivity contribution in [2.45, 2.75) is 6.54 Å². The van der Waals surface area contributed by atoms with E-state index < -0.39 is 0 Å². The smallest absolute Gasteiger partial charge is 0.320 e. The van der Waals surface area contributed by atoms with Gasteiger partial charge in [0, 0.05) is 43.9 Å². The van der Waals surface area contributed by atoms with Crippen molar-refractivity contribution >= 4 is 45.2 Å². The number of benzene rings is 2. The summed E-state index contributed by atoms with van der Waals surface area (Å²) >= 11 is 6.20. The van der Waals surface area contributed by atoms with E-state index in [2.05, 4.69) is 31.9 Å². The molecule has 0 spiro atoms. The molecule has 0 aliphatic carbocycles. The molecule has 0 unspecified atom stereocenters. The molecule has 8 nitrogen and oxygen atoms in total. The largest absolute Gasteiger partial charge is 0.346 e. The number of fused-ring (bicyclic) bond motifs is 4. The number of piperazine rings is 1. The molecule has 5 aromatic rings. The monoisotopic (exact) mass is 445 g/mol. The highest BCUT2D eigenvalue weighted by Crippen LogP contribution is 2.23. The number of amides is 1. The van der Waals surface area contributed by atoms with E-state index in [1.54, 1.807) is 0 Å². The first-order chi connectivity index (χ1) is 15.7. The van der Waals surface area contributed by atoms with Gasteiger partial charge in [-0.1, -0.05) is 28.9 Å². The highest BCUT2D eigenvalue weighted by molar-refractivity contribution is 6.31. The Bertz CT molecular complexity index is 1470. The number of carbonyl (C=O) groups excluding carboxylic acids is 1. The van der Waals surface area contributed by atoms with E-state index in [0.717, 1.165) is 46.4 Å². The topological polar surface area (TPSA) is 71.6 Å². The van der Waals surface area contributed by atoms with Crippen molar-refractivity contribution in [2.24, 2.45) is 0 Å². The van der Waals surface area contributed by atoms with Crippen molar-refractivity contribution < 1.29 is 4.79 Å². The van der Waals surface area contributed by atoms with Crippen LogP contribution in [0, 0.1) is 0 Å². The molecule has 2 aromatic carbocycles. The van der Waals surface area contributed by atoms with Crippen LogP contribution in [-0.4, -0.2) is 66.4 Å². The Balaban J connectivity index is 1.21. The Labute approximate surface area is 188 Å². The third-order valence-electron chi connectivity index (χ3n) is 6.05. The minimum atomic E-state index is -0.134. The molecule has 4 heterocycles. The normalized spacial score (nSPS) is 15.2. The molecule has 160 valence electrons. The third-order valence-corrected chi connectivity index (χ3v) is 6.28. The van der Waals surface area contributed by atoms with Crippen molar-refractivity contribution in [3.05, 3.63) is 71.5 Å². The summed E-state index contributed by atoms with van der Waals surface area (Å²) in [5.74, 6) is 0. The Hall–Kier alpha value is -3.49. The molecule has 0 N–H and O–H groups in total. The molecule has 1 fully saturated rings. The van der Waals surface area contributed by atoms with Gasteiger partial charge in [-0.05, 0) is 42.5 Å². The summed E-state index contributed by atoms with van der Waals surface area (Å²) in [6.07, 6.45) is 2.05. The minimum Gasteiger partial charge on any atom is -0.320 e. The van der Waals surface area contributed by atoms with E-state index >= 15 is 0 Å². The molecule has 6 rings (SSSR count). The molecule has 1 aliphatic rings. The highest BCUT2D eigenvalue weighted by Gasteiger charge is 2.25. The molecule has 1 amide bonds. The second-order valence-corrected chi connectivity index (χ2v) is 8.43. The lowest BCUT2D eigenvalue weighted by atomic mass is 10.2. The van der Waals surface area contributed by atoms with E-state index in [9.17, 15) is 4.79 Å². The van der Waals surface area contributed by atoms with Crippen molar-refractivity contribution in [2.75, 3.05) is 26.2 Å². The van der Waals surface area contributed by atoms with Crippen LogP contribution in [0.5, 0.6) is 0 Å². The molecule has 0 bridgehead atoms. The predicted molar refractivity (Wildman–Crippen MR) is 123 cm³/mol. The molecule has 0 atom stereocenters. The van der Waals surface area contributed by atoms with Crippen LogP contribution < -0.4 is 0 Å². The fourth-order valence-electron chi connectivity index (χ4n) is 4.39. The summed E-state index contributed by atoms with van der Waals surface area (Å²) in [5, 5.41) is 8.83. The van der Waals surface area contributed by atoms with E-state index in [1.165, 1.54) is 4.68 Å². The van der Waals surface area contributed by atoms with Gasteiger partial charge in [-0.15, -0.1) is 5.10 Å². The maximum atomic E-state index is 13.0. The average Bonchev–Trinajstić information content (AvgIpc) is 3.47. The average molecular weight is 446 g/mol. The number of para-hydroxylation sites is 1. The number of aromatic nitrogens is 5. The maximum absolute atomic E-state index is 13.0. The highest BCUT2D eigenvalue weighted by atomic mass is 35.5. The first-order valence-corrected chi connectivity index (χ1v) is 10.9. The van der Waals surface area contributed by atoms with Crippen molar-refractivity contribution in [3.63, 3.8) is 0 Å². The lowest BCUT2D eigenvalue weighted by Crippen LogP contribution is -2.49. The fourth-order valence-corrected chi connectivity index (χ4v) is 4.55. The first kappa shape index (κ1) is 19.2. The number of hydrogen-bond acceptors (Lipinski definition) is 5. The SMILES string of the molecule is O=C(N1CCN(Cc2nc3cc(Cl)ccc3n3cccc23)CC1)n1nnc2ccccc21. The predicted octanol–water partition coefficient (Wildman–Crippen LogP) is 3.67. The summed E-state index contributed by atoms with van der Waals surface area (Å²) in [7, 11) is 0. The summed E-state index contributed by atoms with van der Waals surface area (Å²) in [6.45, 7) is 3.50. The third kappa shape index (κ3) is 3.19. The minimum absolute atomic E-state index is 0.134. The Morgan fingerprint density at radius 1 is 0.906 bits per heavy atom. The molecule has 0 radical (unpaired) electrons. The molecule has 3 aromatic heterocycles. The second-order valence-electron chi connectivity index (χ2n) is 7.99. The Morgan fingerprint density at radius 2 is 1.72 bits per heavy atom. The van der Waals surface area contributed by atoms with Gasteiger partial charge in [0.1, 0.15) is 5.52 Å². The number of nitrogens with zero attached hydrogens (tertiary/aromatic N) is 7. The van der Waals surface area contributed by atoms with Crippen LogP contribution in [0.25, 0.3) is 27.6 Å². The Morgan fingerprint density at radius 3 is 2.59 bits per heavy atom. The second kappa shape index (κ2) is 7.58. The molecule has 32 heavy (non-hydrogen) atoms. The number of carbonyl (C=O) groups is 1. The molecule has 0 saturated carbocycles. The fraction of sp³-hybridized carbons (Fsp3) is 0.217. The van der Waals surface area contributed by atoms with Gasteiger partial charge < -0.3 is 9.30 Å². The van der Waals surface area contributed by atoms with Crippen LogP contribution in [0.2, 0.25) is 5.02 Å². The zero-order valence-electron chi connectivity index (χ0n) is 17.2. The van der Waals surface area contributed by atoms with Gasteiger partial charge in [-0.2, -0.15) is 4.68 Å². The van der Waals surface area contributed by atoms with Crippen LogP contribution in [0.15, 0.2) is 60.8 Å². The number of hydrogen-bond donors (Lipinski definition) is 0. The molecule has 9 heteroatoms. The summed E-state index contributed by atoms with van der Waals surface area (Å²) in [5.41, 5.74) is 5.46. The van der Waals surface area contributed by atoms with Crippen molar-refractivity contribution in [3.8, 4) is 0 Å². The van der Waals surface area contributed by atoms with E-state index in [4.69, 9.17) is 16.6 Å². The molecule has 1 saturated heterocycles. The van der Waals surface area contributed by atoms with Crippen LogP contribution in [-0.2, 0) is 6.54 Å². The lowest BCUT2D eigenvalue weighted by molar-refractivity contribution is 0.134. The van der Waals surface area contributed by atoms with E-state index in [0.29, 0.717) is 24.7 Å². The van der Waals surface area contributed by atoms with Gasteiger partial charge >= 0.3 is 6.03 Å². The zero-order valence-corrected chi connectivity index (χ0v) is 18.0. The lowest BCUT2D eigenvalue weighted by Gasteiger charge is -2.34. The zero-order chi connectivity index (χ0) is 21.7. The number of rotatable bonds is 2. The van der Waals surface area contributed by atoms with Crippen LogP contribution >= 0.6 is 11.6 Å². The van der Waals surface area contributed by atoms with Gasteiger partial charge in [0.15, 0.2) is 0 Å². The van der Waals surface area contributed by atoms with Crippen LogP contribution in [0.3, 0.4) is 0 Å². The molecular formula is C23H20ClN7O. The van der Waals surface area contributed by atoms with Gasteiger partial charge in [0.05, 0.1) is 27.8 Å². The summed E-state index contributed by atoms with van der Waals surface area (Å²) < 4.78 is 3.55. The summed E-state index contributed by atoms with van der Waals surface area (Å²) in [4.78, 5) is 22.1. The van der Waals surface area contributed by atoms with Gasteiger partial charge in [-0.3, -0.25) is 4.90 Å². The van der Waals surface area contributed by atoms with Crippen molar-refractivity contribution in [1.29, 1.82) is 0 Å². The maximum Gasteiger partial charge on any atom is 0.346 e. The van der Waals surface area contributed by atoms with Gasteiger partial charge in [-0.25, -0.2) is 9.78 Å². The van der Waals surface area contributed by atoms with Gasteiger partial charge in [0.2, 0.25) is 0 Å². The summed E-state index contributed by atoms with van der Waals surface area (Å²) in [6, 6.07) is 17.3. The standard InChI is InChI=1S/C23H20ClN7O/c24-16-7-8-21-18(14-16)25-19(20-6-3-9-30(20)21)15-28-10-12-29(13-11-28)23(32)31-22-5-2-1-4-17(22)26-27-31/h1-9,14H,10-13,15H2. The molecular weight excluding hydrogens is 426 g/mol. The van der Waals surface area contributed by atoms with E-state index in [1.807, 2.05) is 53.4 Å². The quantitative estimate of drug-likeness (QED) is 0.414. The van der Waals surface area contributed by atoms with Crippen molar-refractivity contribution in [1.82, 2.24) is 34.2 Å². The van der Waals surface area contributed by atoms with Crippen LogP contribution in [0.1, 0.15) is 5.69 Å². The van der Waals surface area contributed by atoms with Crippen LogP contribution in [0.4, 0.5) is 4.79 Å².